The van der Waals surface area contributed by atoms with Crippen LogP contribution >= 0.6 is 11.3 Å². The molecule has 12 rings (SSSR count). The molecule has 6 heteroatoms. The predicted molar refractivity (Wildman–Crippen MR) is 251 cm³/mol. The number of fused-ring (bicyclic) bond motifs is 12. The first-order valence-electron chi connectivity index (χ1n) is 19.9. The van der Waals surface area contributed by atoms with Gasteiger partial charge >= 0.3 is 0 Å². The topological polar surface area (TPSA) is 41.2 Å². The zero-order chi connectivity index (χ0) is 39.9. The number of hydrogen-bond acceptors (Lipinski definition) is 3. The first-order chi connectivity index (χ1) is 29.7. The molecule has 278 valence electrons. The number of nitriles is 1. The number of para-hydroxylation sites is 3. The number of thiophene rings is 1. The molecule has 0 radical (unpaired) electrons. The molecule has 0 aliphatic carbocycles. The van der Waals surface area contributed by atoms with E-state index in [1.807, 2.05) is 30.3 Å². The van der Waals surface area contributed by atoms with Crippen LogP contribution in [0, 0.1) is 17.9 Å². The molecule has 0 spiro atoms. The van der Waals surface area contributed by atoms with Gasteiger partial charge in [0.1, 0.15) is 6.07 Å². The van der Waals surface area contributed by atoms with E-state index in [1.165, 1.54) is 20.2 Å². The summed E-state index contributed by atoms with van der Waals surface area (Å²) in [5.41, 5.74) is 9.36. The Kier molecular flexibility index (Phi) is 7.46. The van der Waals surface area contributed by atoms with Crippen LogP contribution in [0.5, 0.6) is 0 Å². The number of aromatic nitrogens is 2. The third-order valence-electron chi connectivity index (χ3n) is 11.9. The molecule has 3 aromatic heterocycles. The van der Waals surface area contributed by atoms with E-state index >= 15 is 0 Å². The Bertz CT molecular complexity index is 3760. The second-order valence-corrected chi connectivity index (χ2v) is 16.1. The summed E-state index contributed by atoms with van der Waals surface area (Å²) in [6.07, 6.45) is 0. The van der Waals surface area contributed by atoms with Gasteiger partial charge in [-0.3, -0.25) is 0 Å². The van der Waals surface area contributed by atoms with Crippen LogP contribution in [-0.4, -0.2) is 9.13 Å². The summed E-state index contributed by atoms with van der Waals surface area (Å²) < 4.78 is 6.83. The first kappa shape index (κ1) is 33.9. The molecule has 0 fully saturated rings. The number of benzene rings is 9. The number of anilines is 3. The Morgan fingerprint density at radius 2 is 1.10 bits per heavy atom. The van der Waals surface area contributed by atoms with Crippen molar-refractivity contribution in [2.75, 3.05) is 4.90 Å². The lowest BCUT2D eigenvalue weighted by atomic mass is 10.0. The SMILES string of the molecule is [C-]#[N+]c1cc(-n2c3ccc(N(c4ccccc4)c4ccccc4)cc3c3c4ccccc4ccc32)c(C#N)cc1-n1c2ccccc2c2c3sc4ccccc4c3ccc21. The highest BCUT2D eigenvalue weighted by molar-refractivity contribution is 7.26. The van der Waals surface area contributed by atoms with Crippen LogP contribution in [-0.2, 0) is 0 Å². The van der Waals surface area contributed by atoms with Crippen molar-refractivity contribution in [1.82, 2.24) is 9.13 Å². The minimum Gasteiger partial charge on any atom is -0.319 e. The first-order valence-corrected chi connectivity index (χ1v) is 20.7. The molecule has 12 aromatic rings. The molecule has 60 heavy (non-hydrogen) atoms. The Morgan fingerprint density at radius 3 is 1.87 bits per heavy atom. The maximum Gasteiger partial charge on any atom is 0.212 e. The molecule has 0 saturated heterocycles. The number of nitrogens with zero attached hydrogens (tertiary/aromatic N) is 5. The Morgan fingerprint density at radius 1 is 0.483 bits per heavy atom. The summed E-state index contributed by atoms with van der Waals surface area (Å²) in [5, 5.41) is 20.2. The standard InChI is InChI=1S/C54H31N5S/c1-56-44-32-49(35(33-55)30-50(44)59-45-22-12-10-21-42(45)53-48(59)29-26-41-40-20-11-13-23-51(40)60-54(41)53)58-46-28-25-38(57(36-15-4-2-5-16-36)37-17-6-3-7-18-37)31-43(46)52-39-19-9-8-14-34(39)24-27-47(52)58/h2-32H. The van der Waals surface area contributed by atoms with Crippen LogP contribution in [0.15, 0.2) is 188 Å². The molecule has 5 nitrogen and oxygen atoms in total. The fourth-order valence-corrected chi connectivity index (χ4v) is 10.6. The van der Waals surface area contributed by atoms with Crippen LogP contribution in [0.4, 0.5) is 22.7 Å². The van der Waals surface area contributed by atoms with Gasteiger partial charge in [0, 0.05) is 58.8 Å². The van der Waals surface area contributed by atoms with Crippen molar-refractivity contribution in [3.8, 4) is 17.4 Å². The largest absolute Gasteiger partial charge is 0.319 e. The van der Waals surface area contributed by atoms with Gasteiger partial charge in [0.15, 0.2) is 0 Å². The summed E-state index contributed by atoms with van der Waals surface area (Å²) >= 11 is 1.80. The van der Waals surface area contributed by atoms with Gasteiger partial charge in [-0.2, -0.15) is 5.26 Å². The molecular formula is C54H31N5S. The fraction of sp³-hybridized carbons (Fsp3) is 0. The van der Waals surface area contributed by atoms with E-state index in [0.29, 0.717) is 22.6 Å². The van der Waals surface area contributed by atoms with Crippen LogP contribution < -0.4 is 4.90 Å². The maximum atomic E-state index is 11.1. The zero-order valence-electron chi connectivity index (χ0n) is 32.0. The lowest BCUT2D eigenvalue weighted by Crippen LogP contribution is -2.09. The van der Waals surface area contributed by atoms with E-state index in [1.54, 1.807) is 11.3 Å². The van der Waals surface area contributed by atoms with Crippen molar-refractivity contribution in [1.29, 1.82) is 5.26 Å². The van der Waals surface area contributed by atoms with Gasteiger partial charge in [0.2, 0.25) is 5.69 Å². The third-order valence-corrected chi connectivity index (χ3v) is 13.1. The van der Waals surface area contributed by atoms with Crippen molar-refractivity contribution in [2.45, 2.75) is 0 Å². The van der Waals surface area contributed by atoms with E-state index in [0.717, 1.165) is 71.4 Å². The second kappa shape index (κ2) is 13.2. The van der Waals surface area contributed by atoms with Crippen LogP contribution in [0.2, 0.25) is 0 Å². The molecule has 0 bridgehead atoms. The molecule has 0 N–H and O–H groups in total. The average Bonchev–Trinajstić information content (AvgIpc) is 3.97. The molecule has 0 saturated carbocycles. The molecule has 3 heterocycles. The van der Waals surface area contributed by atoms with Crippen molar-refractivity contribution in [3.63, 3.8) is 0 Å². The zero-order valence-corrected chi connectivity index (χ0v) is 32.9. The molecule has 0 amide bonds. The van der Waals surface area contributed by atoms with Crippen molar-refractivity contribution in [2.24, 2.45) is 0 Å². The second-order valence-electron chi connectivity index (χ2n) is 15.1. The van der Waals surface area contributed by atoms with Gasteiger partial charge in [0.05, 0.1) is 45.6 Å². The van der Waals surface area contributed by atoms with Crippen LogP contribution in [0.25, 0.3) is 90.8 Å². The molecule has 9 aromatic carbocycles. The van der Waals surface area contributed by atoms with E-state index < -0.39 is 0 Å². The van der Waals surface area contributed by atoms with Crippen LogP contribution in [0.1, 0.15) is 5.56 Å². The van der Waals surface area contributed by atoms with Crippen LogP contribution in [0.3, 0.4) is 0 Å². The number of hydrogen-bond donors (Lipinski definition) is 0. The number of rotatable bonds is 5. The van der Waals surface area contributed by atoms with E-state index in [-0.39, 0.29) is 0 Å². The summed E-state index contributed by atoms with van der Waals surface area (Å²) in [7, 11) is 0. The molecule has 0 aliphatic heterocycles. The summed E-state index contributed by atoms with van der Waals surface area (Å²) in [5.74, 6) is 0. The molecule has 0 aliphatic rings. The van der Waals surface area contributed by atoms with E-state index in [9.17, 15) is 5.26 Å². The monoisotopic (exact) mass is 781 g/mol. The van der Waals surface area contributed by atoms with Gasteiger partial charge in [0.25, 0.3) is 0 Å². The minimum atomic E-state index is 0.467. The molecule has 0 unspecified atom stereocenters. The average molecular weight is 782 g/mol. The highest BCUT2D eigenvalue weighted by atomic mass is 32.1. The highest BCUT2D eigenvalue weighted by Gasteiger charge is 2.24. The Hall–Kier alpha value is -8.16. The Balaban J connectivity index is 1.13. The van der Waals surface area contributed by atoms with Gasteiger partial charge in [-0.05, 0) is 89.6 Å². The van der Waals surface area contributed by atoms with Crippen molar-refractivity contribution < 1.29 is 0 Å². The highest BCUT2D eigenvalue weighted by Crippen LogP contribution is 2.46. The third kappa shape index (κ3) is 4.90. The Labute approximate surface area is 348 Å². The molecule has 0 atom stereocenters. The normalized spacial score (nSPS) is 11.6. The van der Waals surface area contributed by atoms with Gasteiger partial charge in [-0.1, -0.05) is 109 Å². The van der Waals surface area contributed by atoms with E-state index in [4.69, 9.17) is 6.57 Å². The lowest BCUT2D eigenvalue weighted by molar-refractivity contribution is 1.14. The van der Waals surface area contributed by atoms with Gasteiger partial charge in [-0.25, -0.2) is 4.85 Å². The maximum absolute atomic E-state index is 11.1. The summed E-state index contributed by atoms with van der Waals surface area (Å²) in [4.78, 5) is 6.48. The van der Waals surface area contributed by atoms with Crippen molar-refractivity contribution in [3.05, 3.63) is 205 Å². The lowest BCUT2D eigenvalue weighted by Gasteiger charge is -2.25. The quantitative estimate of drug-likeness (QED) is 0.163. The fourth-order valence-electron chi connectivity index (χ4n) is 9.38. The smallest absolute Gasteiger partial charge is 0.212 e. The van der Waals surface area contributed by atoms with Gasteiger partial charge < -0.3 is 14.0 Å². The van der Waals surface area contributed by atoms with Gasteiger partial charge in [-0.15, -0.1) is 11.3 Å². The minimum absolute atomic E-state index is 0.467. The molecular weight excluding hydrogens is 751 g/mol. The van der Waals surface area contributed by atoms with Crippen molar-refractivity contribution >= 4 is 109 Å². The summed E-state index contributed by atoms with van der Waals surface area (Å²) in [6, 6.07) is 68.0. The summed E-state index contributed by atoms with van der Waals surface area (Å²) in [6.45, 7) is 8.65. The predicted octanol–water partition coefficient (Wildman–Crippen LogP) is 15.3. The van der Waals surface area contributed by atoms with E-state index in [2.05, 4.69) is 183 Å².